The zero-order valence-electron chi connectivity index (χ0n) is 16.1. The summed E-state index contributed by atoms with van der Waals surface area (Å²) in [6.07, 6.45) is 0. The van der Waals surface area contributed by atoms with Gasteiger partial charge in [-0.3, -0.25) is 14.9 Å². The molecule has 0 saturated heterocycles. The van der Waals surface area contributed by atoms with Crippen molar-refractivity contribution in [2.45, 2.75) is 6.04 Å². The molecule has 0 aliphatic carbocycles. The predicted octanol–water partition coefficient (Wildman–Crippen LogP) is 2.78. The van der Waals surface area contributed by atoms with E-state index < -0.39 is 16.5 Å². The molecule has 0 heterocycles. The maximum Gasteiger partial charge on any atom is 0.286 e. The van der Waals surface area contributed by atoms with E-state index in [0.29, 0.717) is 0 Å². The number of nitrogens with zero attached hydrogens (tertiary/aromatic N) is 2. The van der Waals surface area contributed by atoms with Crippen LogP contribution in [0, 0.1) is 15.9 Å². The van der Waals surface area contributed by atoms with Crippen LogP contribution in [-0.2, 0) is 0 Å². The number of carbonyl (C=O) groups is 1. The summed E-state index contributed by atoms with van der Waals surface area (Å²) < 4.78 is 23.4. The molecule has 0 spiro atoms. The lowest BCUT2D eigenvalue weighted by molar-refractivity contribution is -0.385. The van der Waals surface area contributed by atoms with Crippen LogP contribution in [-0.4, -0.2) is 50.6 Å². The summed E-state index contributed by atoms with van der Waals surface area (Å²) in [6, 6.07) is 8.12. The lowest BCUT2D eigenvalue weighted by Crippen LogP contribution is -2.34. The number of methoxy groups -OCH3 is 2. The van der Waals surface area contributed by atoms with E-state index in [0.717, 1.165) is 11.6 Å². The van der Waals surface area contributed by atoms with Gasteiger partial charge in [0.15, 0.2) is 11.5 Å². The number of amides is 1. The van der Waals surface area contributed by atoms with Crippen molar-refractivity contribution in [2.75, 3.05) is 34.9 Å². The van der Waals surface area contributed by atoms with E-state index >= 15 is 0 Å². The smallest absolute Gasteiger partial charge is 0.286 e. The third-order valence-electron chi connectivity index (χ3n) is 4.28. The third kappa shape index (κ3) is 4.74. The minimum Gasteiger partial charge on any atom is -0.493 e. The molecule has 0 radical (unpaired) electrons. The van der Waals surface area contributed by atoms with Crippen molar-refractivity contribution in [2.24, 2.45) is 0 Å². The highest BCUT2D eigenvalue weighted by Crippen LogP contribution is 2.34. The topological polar surface area (TPSA) is 93.9 Å². The summed E-state index contributed by atoms with van der Waals surface area (Å²) in [6.45, 7) is 0.170. The average Bonchev–Trinajstić information content (AvgIpc) is 2.67. The summed E-state index contributed by atoms with van der Waals surface area (Å²) in [5.74, 6) is -0.614. The first-order chi connectivity index (χ1) is 13.3. The molecule has 8 nitrogen and oxygen atoms in total. The van der Waals surface area contributed by atoms with Crippen LogP contribution in [0.5, 0.6) is 11.5 Å². The van der Waals surface area contributed by atoms with Crippen LogP contribution in [0.25, 0.3) is 0 Å². The fourth-order valence-electron chi connectivity index (χ4n) is 2.77. The molecular weight excluding hydrogens is 369 g/mol. The fourth-order valence-corrected chi connectivity index (χ4v) is 2.77. The van der Waals surface area contributed by atoms with E-state index in [1.807, 2.05) is 19.0 Å². The molecular formula is C19H22FN3O5. The number of hydrogen-bond donors (Lipinski definition) is 1. The van der Waals surface area contributed by atoms with Gasteiger partial charge in [0, 0.05) is 12.6 Å². The number of halogens is 1. The Kier molecular flexibility index (Phi) is 6.89. The number of likely N-dealkylation sites (N-methyl/N-ethyl adjacent to an activating group) is 1. The van der Waals surface area contributed by atoms with E-state index in [-0.39, 0.29) is 35.5 Å². The van der Waals surface area contributed by atoms with Crippen molar-refractivity contribution in [1.82, 2.24) is 10.2 Å². The first-order valence-electron chi connectivity index (χ1n) is 8.39. The molecule has 1 unspecified atom stereocenters. The van der Waals surface area contributed by atoms with E-state index in [1.165, 1.54) is 32.4 Å². The molecule has 150 valence electrons. The van der Waals surface area contributed by atoms with E-state index in [4.69, 9.17) is 9.47 Å². The van der Waals surface area contributed by atoms with Gasteiger partial charge in [0.25, 0.3) is 11.6 Å². The molecule has 0 saturated carbocycles. The van der Waals surface area contributed by atoms with Gasteiger partial charge in [0.1, 0.15) is 11.4 Å². The van der Waals surface area contributed by atoms with Crippen LogP contribution >= 0.6 is 0 Å². The molecule has 28 heavy (non-hydrogen) atoms. The van der Waals surface area contributed by atoms with Crippen LogP contribution < -0.4 is 14.8 Å². The number of nitro benzene ring substituents is 1. The Morgan fingerprint density at radius 3 is 2.25 bits per heavy atom. The number of carbonyl (C=O) groups excluding carboxylic acids is 1. The van der Waals surface area contributed by atoms with Crippen molar-refractivity contribution in [1.29, 1.82) is 0 Å². The zero-order chi connectivity index (χ0) is 20.8. The monoisotopic (exact) mass is 391 g/mol. The molecule has 0 aromatic heterocycles. The van der Waals surface area contributed by atoms with Gasteiger partial charge in [0.05, 0.1) is 31.3 Å². The largest absolute Gasteiger partial charge is 0.493 e. The van der Waals surface area contributed by atoms with Crippen LogP contribution in [0.15, 0.2) is 36.4 Å². The van der Waals surface area contributed by atoms with Crippen molar-refractivity contribution in [3.05, 3.63) is 63.5 Å². The number of nitrogens with one attached hydrogen (secondary N) is 1. The second-order valence-electron chi connectivity index (χ2n) is 6.22. The van der Waals surface area contributed by atoms with Crippen LogP contribution in [0.4, 0.5) is 10.1 Å². The summed E-state index contributed by atoms with van der Waals surface area (Å²) in [5.41, 5.74) is 0.270. The van der Waals surface area contributed by atoms with Gasteiger partial charge in [0.2, 0.25) is 0 Å². The second kappa shape index (κ2) is 9.14. The second-order valence-corrected chi connectivity index (χ2v) is 6.22. The number of nitro groups is 1. The molecule has 2 rings (SSSR count). The SMILES string of the molecule is COc1cc(C(=O)NCC(c2ccc(F)cc2)N(C)C)c([N+](=O)[O-])cc1OC. The van der Waals surface area contributed by atoms with E-state index in [9.17, 15) is 19.3 Å². The Bertz CT molecular complexity index is 855. The maximum atomic E-state index is 13.2. The minimum absolute atomic E-state index is 0.140. The lowest BCUT2D eigenvalue weighted by Gasteiger charge is -2.25. The standard InChI is InChI=1S/C19H22FN3O5/c1-22(2)16(12-5-7-13(20)8-6-12)11-21-19(24)14-9-17(27-3)18(28-4)10-15(14)23(25)26/h5-10,16H,11H2,1-4H3,(H,21,24). The van der Waals surface area contributed by atoms with Crippen molar-refractivity contribution in [3.63, 3.8) is 0 Å². The Balaban J connectivity index is 2.27. The fraction of sp³-hybridized carbons (Fsp3) is 0.316. The van der Waals surface area contributed by atoms with Gasteiger partial charge < -0.3 is 19.7 Å². The Morgan fingerprint density at radius 1 is 1.18 bits per heavy atom. The van der Waals surface area contributed by atoms with Crippen LogP contribution in [0.1, 0.15) is 22.0 Å². The minimum atomic E-state index is -0.653. The molecule has 2 aromatic rings. The first-order valence-corrected chi connectivity index (χ1v) is 8.39. The van der Waals surface area contributed by atoms with Crippen LogP contribution in [0.2, 0.25) is 0 Å². The average molecular weight is 391 g/mol. The van der Waals surface area contributed by atoms with E-state index in [1.54, 1.807) is 12.1 Å². The summed E-state index contributed by atoms with van der Waals surface area (Å²) in [4.78, 5) is 25.2. The van der Waals surface area contributed by atoms with Crippen molar-refractivity contribution >= 4 is 11.6 Å². The Labute approximate surface area is 162 Å². The van der Waals surface area contributed by atoms with E-state index in [2.05, 4.69) is 5.32 Å². The Morgan fingerprint density at radius 2 is 1.75 bits per heavy atom. The molecule has 0 fully saturated rings. The molecule has 1 atom stereocenters. The number of benzene rings is 2. The zero-order valence-corrected chi connectivity index (χ0v) is 16.1. The predicted molar refractivity (Wildman–Crippen MR) is 101 cm³/mol. The molecule has 1 N–H and O–H groups in total. The highest BCUT2D eigenvalue weighted by molar-refractivity contribution is 5.99. The van der Waals surface area contributed by atoms with Gasteiger partial charge in [-0.2, -0.15) is 0 Å². The van der Waals surface area contributed by atoms with Crippen molar-refractivity contribution in [3.8, 4) is 11.5 Å². The highest BCUT2D eigenvalue weighted by Gasteiger charge is 2.25. The third-order valence-corrected chi connectivity index (χ3v) is 4.28. The normalized spacial score (nSPS) is 11.8. The highest BCUT2D eigenvalue weighted by atomic mass is 19.1. The summed E-state index contributed by atoms with van der Waals surface area (Å²) in [7, 11) is 6.37. The maximum absolute atomic E-state index is 13.2. The Hall–Kier alpha value is -3.20. The lowest BCUT2D eigenvalue weighted by atomic mass is 10.1. The summed E-state index contributed by atoms with van der Waals surface area (Å²) in [5, 5.41) is 14.1. The first kappa shape index (κ1) is 21.1. The molecule has 1 amide bonds. The van der Waals surface area contributed by atoms with Gasteiger partial charge in [-0.05, 0) is 31.8 Å². The molecule has 2 aromatic carbocycles. The molecule has 0 aliphatic rings. The molecule has 0 aliphatic heterocycles. The van der Waals surface area contributed by atoms with Gasteiger partial charge >= 0.3 is 0 Å². The molecule has 0 bridgehead atoms. The molecule has 9 heteroatoms. The quantitative estimate of drug-likeness (QED) is 0.549. The van der Waals surface area contributed by atoms with Crippen LogP contribution in [0.3, 0.4) is 0 Å². The number of rotatable bonds is 8. The summed E-state index contributed by atoms with van der Waals surface area (Å²) >= 11 is 0. The van der Waals surface area contributed by atoms with Gasteiger partial charge in [-0.25, -0.2) is 4.39 Å². The number of ether oxygens (including phenoxy) is 2. The number of hydrogen-bond acceptors (Lipinski definition) is 6. The van der Waals surface area contributed by atoms with Crippen molar-refractivity contribution < 1.29 is 23.6 Å². The van der Waals surface area contributed by atoms with Gasteiger partial charge in [-0.15, -0.1) is 0 Å². The van der Waals surface area contributed by atoms with Gasteiger partial charge in [-0.1, -0.05) is 12.1 Å².